The van der Waals surface area contributed by atoms with Crippen molar-refractivity contribution in [3.05, 3.63) is 65.7 Å². The Labute approximate surface area is 166 Å². The van der Waals surface area contributed by atoms with E-state index >= 15 is 0 Å². The largest absolute Gasteiger partial charge is 0.481 e. The van der Waals surface area contributed by atoms with Crippen molar-refractivity contribution < 1.29 is 26.7 Å². The smallest absolute Gasteiger partial charge is 0.422 e. The quantitative estimate of drug-likeness (QED) is 0.291. The van der Waals surface area contributed by atoms with Crippen molar-refractivity contribution in [3.8, 4) is 16.9 Å². The summed E-state index contributed by atoms with van der Waals surface area (Å²) in [5, 5.41) is 0.566. The molecule has 0 N–H and O–H groups in total. The third kappa shape index (κ3) is 5.25. The first-order valence-corrected chi connectivity index (χ1v) is 9.49. The van der Waals surface area contributed by atoms with E-state index in [9.17, 15) is 22.0 Å². The normalized spacial score (nSPS) is 11.8. The predicted molar refractivity (Wildman–Crippen MR) is 104 cm³/mol. The van der Waals surface area contributed by atoms with E-state index in [1.165, 1.54) is 18.2 Å². The van der Waals surface area contributed by atoms with Gasteiger partial charge in [-0.25, -0.2) is 8.78 Å². The van der Waals surface area contributed by atoms with Gasteiger partial charge in [-0.1, -0.05) is 50.1 Å². The molecule has 6 heteroatoms. The predicted octanol–water partition coefficient (Wildman–Crippen LogP) is 7.46. The second-order valence-corrected chi connectivity index (χ2v) is 6.99. The Bertz CT molecular complexity index is 994. The molecule has 0 heterocycles. The minimum atomic E-state index is -4.55. The molecular formula is C23H21F5O. The highest BCUT2D eigenvalue weighted by molar-refractivity contribution is 5.89. The van der Waals surface area contributed by atoms with Gasteiger partial charge in [-0.3, -0.25) is 0 Å². The molecule has 0 saturated carbocycles. The van der Waals surface area contributed by atoms with Crippen LogP contribution in [-0.2, 0) is 6.42 Å². The number of aryl methyl sites for hydroxylation is 1. The van der Waals surface area contributed by atoms with Gasteiger partial charge in [0.1, 0.15) is 5.82 Å². The number of halogens is 5. The highest BCUT2D eigenvalue weighted by Crippen LogP contribution is 2.32. The molecule has 154 valence electrons. The van der Waals surface area contributed by atoms with Crippen LogP contribution in [0.25, 0.3) is 21.9 Å². The zero-order valence-electron chi connectivity index (χ0n) is 16.0. The summed E-state index contributed by atoms with van der Waals surface area (Å²) in [6.45, 7) is 0.543. The van der Waals surface area contributed by atoms with Crippen LogP contribution in [0.15, 0.2) is 48.5 Å². The average Bonchev–Trinajstić information content (AvgIpc) is 2.67. The van der Waals surface area contributed by atoms with Crippen molar-refractivity contribution in [2.75, 3.05) is 6.61 Å². The second kappa shape index (κ2) is 8.80. The Hall–Kier alpha value is -2.63. The third-order valence-electron chi connectivity index (χ3n) is 4.72. The van der Waals surface area contributed by atoms with Gasteiger partial charge in [0.05, 0.1) is 0 Å². The number of hydrogen-bond donors (Lipinski definition) is 0. The van der Waals surface area contributed by atoms with Gasteiger partial charge < -0.3 is 4.74 Å². The van der Waals surface area contributed by atoms with Crippen LogP contribution in [0, 0.1) is 11.6 Å². The van der Waals surface area contributed by atoms with E-state index in [-0.39, 0.29) is 11.2 Å². The number of hydrogen-bond acceptors (Lipinski definition) is 1. The highest BCUT2D eigenvalue weighted by Gasteiger charge is 2.29. The summed E-state index contributed by atoms with van der Waals surface area (Å²) in [6.07, 6.45) is -0.547. The maximum absolute atomic E-state index is 14.6. The Kier molecular flexibility index (Phi) is 6.40. The minimum Gasteiger partial charge on any atom is -0.481 e. The Morgan fingerprint density at radius 3 is 2.38 bits per heavy atom. The standard InChI is InChI=1S/C23H21F5O/c1-2-3-4-5-15-6-9-18(20(24)12-15)16-7-10-19-17(13-16)8-11-21(22(19)25)29-14-23(26,27)28/h6-13H,2-5,14H2,1H3. The van der Waals surface area contributed by atoms with Gasteiger partial charge in [0, 0.05) is 10.9 Å². The average molecular weight is 408 g/mol. The first kappa shape index (κ1) is 21.1. The van der Waals surface area contributed by atoms with Gasteiger partial charge in [-0.2, -0.15) is 13.2 Å². The molecule has 0 aliphatic heterocycles. The summed E-state index contributed by atoms with van der Waals surface area (Å²) in [6, 6.07) is 12.3. The van der Waals surface area contributed by atoms with Gasteiger partial charge in [0.25, 0.3) is 0 Å². The van der Waals surface area contributed by atoms with Crippen molar-refractivity contribution in [1.29, 1.82) is 0 Å². The molecule has 3 aromatic rings. The van der Waals surface area contributed by atoms with Gasteiger partial charge >= 0.3 is 6.18 Å². The van der Waals surface area contributed by atoms with Crippen LogP contribution in [0.5, 0.6) is 5.75 Å². The van der Waals surface area contributed by atoms with Gasteiger partial charge in [-0.15, -0.1) is 0 Å². The molecule has 29 heavy (non-hydrogen) atoms. The summed E-state index contributed by atoms with van der Waals surface area (Å²) in [4.78, 5) is 0. The number of benzene rings is 3. The molecule has 0 bridgehead atoms. The van der Waals surface area contributed by atoms with E-state index in [0.29, 0.717) is 16.5 Å². The molecule has 1 nitrogen and oxygen atoms in total. The van der Waals surface area contributed by atoms with Crippen LogP contribution in [-0.4, -0.2) is 12.8 Å². The number of unbranched alkanes of at least 4 members (excludes halogenated alkanes) is 2. The first-order chi connectivity index (χ1) is 13.8. The molecule has 0 radical (unpaired) electrons. The molecule has 0 spiro atoms. The molecule has 0 aliphatic carbocycles. The van der Waals surface area contributed by atoms with E-state index in [1.807, 2.05) is 6.07 Å². The highest BCUT2D eigenvalue weighted by atomic mass is 19.4. The SMILES string of the molecule is CCCCCc1ccc(-c2ccc3c(F)c(OCC(F)(F)F)ccc3c2)c(F)c1. The summed E-state index contributed by atoms with van der Waals surface area (Å²) >= 11 is 0. The van der Waals surface area contributed by atoms with E-state index in [2.05, 4.69) is 11.7 Å². The summed E-state index contributed by atoms with van der Waals surface area (Å²) in [5.74, 6) is -1.70. The lowest BCUT2D eigenvalue weighted by molar-refractivity contribution is -0.153. The van der Waals surface area contributed by atoms with E-state index in [0.717, 1.165) is 37.3 Å². The molecule has 3 aromatic carbocycles. The van der Waals surface area contributed by atoms with Crippen molar-refractivity contribution in [3.63, 3.8) is 0 Å². The van der Waals surface area contributed by atoms with Crippen LogP contribution in [0.3, 0.4) is 0 Å². The lowest BCUT2D eigenvalue weighted by atomic mass is 9.98. The maximum Gasteiger partial charge on any atom is 0.422 e. The molecule has 0 unspecified atom stereocenters. The topological polar surface area (TPSA) is 9.23 Å². The summed E-state index contributed by atoms with van der Waals surface area (Å²) < 4.78 is 70.5. The molecule has 0 amide bonds. The fourth-order valence-corrected chi connectivity index (χ4v) is 3.24. The summed E-state index contributed by atoms with van der Waals surface area (Å²) in [7, 11) is 0. The van der Waals surface area contributed by atoms with E-state index in [1.54, 1.807) is 18.2 Å². The Morgan fingerprint density at radius 1 is 0.897 bits per heavy atom. The van der Waals surface area contributed by atoms with E-state index in [4.69, 9.17) is 0 Å². The third-order valence-corrected chi connectivity index (χ3v) is 4.72. The van der Waals surface area contributed by atoms with Crippen LogP contribution in [0.4, 0.5) is 22.0 Å². The van der Waals surface area contributed by atoms with Crippen LogP contribution >= 0.6 is 0 Å². The van der Waals surface area contributed by atoms with Gasteiger partial charge in [-0.05, 0) is 47.6 Å². The van der Waals surface area contributed by atoms with Crippen LogP contribution in [0.2, 0.25) is 0 Å². The summed E-state index contributed by atoms with van der Waals surface area (Å²) in [5.41, 5.74) is 1.89. The molecule has 0 atom stereocenters. The first-order valence-electron chi connectivity index (χ1n) is 9.49. The second-order valence-electron chi connectivity index (χ2n) is 6.99. The van der Waals surface area contributed by atoms with Gasteiger partial charge in [0.15, 0.2) is 18.2 Å². The molecule has 0 saturated heterocycles. The maximum atomic E-state index is 14.6. The Morgan fingerprint density at radius 2 is 1.69 bits per heavy atom. The molecule has 0 aromatic heterocycles. The number of fused-ring (bicyclic) bond motifs is 1. The fourth-order valence-electron chi connectivity index (χ4n) is 3.24. The zero-order chi connectivity index (χ0) is 21.0. The van der Waals surface area contributed by atoms with Crippen LogP contribution in [0.1, 0.15) is 31.7 Å². The zero-order valence-corrected chi connectivity index (χ0v) is 16.0. The van der Waals surface area contributed by atoms with Crippen molar-refractivity contribution >= 4 is 10.8 Å². The van der Waals surface area contributed by atoms with Crippen molar-refractivity contribution in [2.45, 2.75) is 38.8 Å². The van der Waals surface area contributed by atoms with Crippen LogP contribution < -0.4 is 4.74 Å². The fraction of sp³-hybridized carbons (Fsp3) is 0.304. The Balaban J connectivity index is 1.86. The van der Waals surface area contributed by atoms with E-state index < -0.39 is 24.3 Å². The lowest BCUT2D eigenvalue weighted by Gasteiger charge is -2.12. The molecule has 0 fully saturated rings. The molecular weight excluding hydrogens is 387 g/mol. The van der Waals surface area contributed by atoms with Crippen molar-refractivity contribution in [2.24, 2.45) is 0 Å². The number of rotatable bonds is 7. The monoisotopic (exact) mass is 408 g/mol. The number of alkyl halides is 3. The minimum absolute atomic E-state index is 0.116. The molecule has 0 aliphatic rings. The van der Waals surface area contributed by atoms with Crippen molar-refractivity contribution in [1.82, 2.24) is 0 Å². The molecule has 3 rings (SSSR count). The van der Waals surface area contributed by atoms with Gasteiger partial charge in [0.2, 0.25) is 0 Å². The lowest BCUT2D eigenvalue weighted by Crippen LogP contribution is -2.19. The number of ether oxygens (including phenoxy) is 1.